The van der Waals surface area contributed by atoms with Crippen molar-refractivity contribution in [2.24, 2.45) is 17.8 Å². The maximum atomic E-state index is 12.9. The molecule has 0 saturated heterocycles. The Bertz CT molecular complexity index is 823. The number of carbonyl (C=O) groups is 4. The summed E-state index contributed by atoms with van der Waals surface area (Å²) in [5, 5.41) is 0. The van der Waals surface area contributed by atoms with Gasteiger partial charge in [0.25, 0.3) is 0 Å². The van der Waals surface area contributed by atoms with Crippen LogP contribution in [-0.2, 0) is 19.1 Å². The van der Waals surface area contributed by atoms with Crippen LogP contribution in [0.2, 0.25) is 0 Å². The predicted octanol–water partition coefficient (Wildman–Crippen LogP) is 3.32. The quantitative estimate of drug-likeness (QED) is 0.577. The number of ether oxygens (including phenoxy) is 2. The Labute approximate surface area is 170 Å². The first-order valence-corrected chi connectivity index (χ1v) is 10.4. The zero-order valence-electron chi connectivity index (χ0n) is 17.5. The molecule has 7 nitrogen and oxygen atoms in total. The highest BCUT2D eigenvalue weighted by atomic mass is 16.5. The van der Waals surface area contributed by atoms with Crippen molar-refractivity contribution < 1.29 is 28.7 Å². The van der Waals surface area contributed by atoms with Crippen molar-refractivity contribution in [1.29, 1.82) is 0 Å². The van der Waals surface area contributed by atoms with Crippen LogP contribution in [0.5, 0.6) is 0 Å². The fourth-order valence-electron chi connectivity index (χ4n) is 4.71. The van der Waals surface area contributed by atoms with Crippen LogP contribution < -0.4 is 0 Å². The van der Waals surface area contributed by atoms with Crippen molar-refractivity contribution in [1.82, 2.24) is 4.98 Å². The molecule has 2 fully saturated rings. The van der Waals surface area contributed by atoms with Crippen LogP contribution >= 0.6 is 0 Å². The lowest BCUT2D eigenvalue weighted by molar-refractivity contribution is -0.155. The predicted molar refractivity (Wildman–Crippen MR) is 105 cm³/mol. The van der Waals surface area contributed by atoms with Gasteiger partial charge in [0.1, 0.15) is 5.78 Å². The zero-order valence-corrected chi connectivity index (χ0v) is 17.5. The molecule has 2 aliphatic carbocycles. The number of fused-ring (bicyclic) bond motifs is 2. The van der Waals surface area contributed by atoms with E-state index in [4.69, 9.17) is 9.47 Å². The van der Waals surface area contributed by atoms with E-state index in [0.717, 1.165) is 19.3 Å². The van der Waals surface area contributed by atoms with E-state index in [1.807, 2.05) is 0 Å². The van der Waals surface area contributed by atoms with Gasteiger partial charge in [-0.2, -0.15) is 0 Å². The molecule has 29 heavy (non-hydrogen) atoms. The maximum Gasteiger partial charge on any atom is 0.340 e. The lowest BCUT2D eigenvalue weighted by Crippen LogP contribution is -2.40. The lowest BCUT2D eigenvalue weighted by atomic mass is 9.67. The third-order valence-electron chi connectivity index (χ3n) is 6.21. The average molecular weight is 403 g/mol. The number of rotatable bonds is 6. The average Bonchev–Trinajstić information content (AvgIpc) is 2.95. The Morgan fingerprint density at radius 1 is 1.14 bits per heavy atom. The first-order valence-electron chi connectivity index (χ1n) is 10.4. The van der Waals surface area contributed by atoms with Crippen LogP contribution in [0.1, 0.15) is 78.1 Å². The van der Waals surface area contributed by atoms with E-state index in [1.165, 1.54) is 6.92 Å². The number of carbonyl (C=O) groups excluding carboxylic acids is 4. The molecular weight excluding hydrogens is 374 g/mol. The van der Waals surface area contributed by atoms with Crippen LogP contribution in [-0.4, -0.2) is 41.2 Å². The second-order valence-electron chi connectivity index (χ2n) is 8.18. The molecule has 2 aliphatic rings. The molecule has 4 atom stereocenters. The largest absolute Gasteiger partial charge is 0.462 e. The standard InChI is InChI=1S/C22H29NO6/c1-5-28-22(27)17-11(2)18(23-12(17)3)19(24)13(4)29-21(26)16-9-14-7-6-8-15(10-16)20(14)25/h13-16,23H,5-10H2,1-4H3/t13-,14-,15+,16?/m1/s1. The Morgan fingerprint density at radius 2 is 1.76 bits per heavy atom. The normalized spacial score (nSPS) is 24.7. The number of hydrogen-bond donors (Lipinski definition) is 1. The van der Waals surface area contributed by atoms with Gasteiger partial charge in [0, 0.05) is 17.5 Å². The number of ketones is 2. The van der Waals surface area contributed by atoms with E-state index in [-0.39, 0.29) is 41.6 Å². The summed E-state index contributed by atoms with van der Waals surface area (Å²) < 4.78 is 10.5. The minimum atomic E-state index is -0.980. The topological polar surface area (TPSA) is 103 Å². The number of aromatic amines is 1. The minimum Gasteiger partial charge on any atom is -0.462 e. The van der Waals surface area contributed by atoms with Crippen molar-refractivity contribution in [2.45, 2.75) is 65.9 Å². The number of Topliss-reactive ketones (excluding diaryl/α,β-unsaturated/α-hetero) is 2. The monoisotopic (exact) mass is 403 g/mol. The van der Waals surface area contributed by atoms with Gasteiger partial charge in [-0.25, -0.2) is 4.79 Å². The second kappa shape index (κ2) is 8.51. The third-order valence-corrected chi connectivity index (χ3v) is 6.21. The van der Waals surface area contributed by atoms with Gasteiger partial charge in [-0.3, -0.25) is 14.4 Å². The highest BCUT2D eigenvalue weighted by molar-refractivity contribution is 6.04. The number of esters is 2. The Hall–Kier alpha value is -2.44. The molecule has 1 N–H and O–H groups in total. The fourth-order valence-corrected chi connectivity index (χ4v) is 4.71. The Balaban J connectivity index is 1.68. The smallest absolute Gasteiger partial charge is 0.340 e. The van der Waals surface area contributed by atoms with E-state index in [1.54, 1.807) is 20.8 Å². The van der Waals surface area contributed by atoms with Crippen LogP contribution in [0, 0.1) is 31.6 Å². The van der Waals surface area contributed by atoms with Crippen molar-refractivity contribution in [3.8, 4) is 0 Å². The molecule has 1 unspecified atom stereocenters. The molecule has 158 valence electrons. The Morgan fingerprint density at radius 3 is 2.34 bits per heavy atom. The summed E-state index contributed by atoms with van der Waals surface area (Å²) in [6.45, 7) is 6.87. The van der Waals surface area contributed by atoms with Gasteiger partial charge in [0.05, 0.1) is 23.8 Å². The van der Waals surface area contributed by atoms with Gasteiger partial charge < -0.3 is 14.5 Å². The van der Waals surface area contributed by atoms with Gasteiger partial charge in [-0.1, -0.05) is 6.42 Å². The van der Waals surface area contributed by atoms with E-state index in [0.29, 0.717) is 29.7 Å². The van der Waals surface area contributed by atoms with Gasteiger partial charge in [0.15, 0.2) is 6.10 Å². The lowest BCUT2D eigenvalue weighted by Gasteiger charge is -2.36. The summed E-state index contributed by atoms with van der Waals surface area (Å²) in [6.07, 6.45) is 2.76. The highest BCUT2D eigenvalue weighted by Gasteiger charge is 2.42. The van der Waals surface area contributed by atoms with Gasteiger partial charge >= 0.3 is 11.9 Å². The maximum absolute atomic E-state index is 12.9. The van der Waals surface area contributed by atoms with Gasteiger partial charge in [0.2, 0.25) is 5.78 Å². The van der Waals surface area contributed by atoms with Gasteiger partial charge in [-0.05, 0) is 58.9 Å². The molecule has 3 rings (SSSR count). The third kappa shape index (κ3) is 4.14. The van der Waals surface area contributed by atoms with Crippen LogP contribution in [0.25, 0.3) is 0 Å². The highest BCUT2D eigenvalue weighted by Crippen LogP contribution is 2.40. The van der Waals surface area contributed by atoms with E-state index in [9.17, 15) is 19.2 Å². The minimum absolute atomic E-state index is 0.0495. The molecular formula is C22H29NO6. The Kier molecular flexibility index (Phi) is 6.24. The summed E-state index contributed by atoms with van der Waals surface area (Å²) in [7, 11) is 0. The van der Waals surface area contributed by atoms with Crippen LogP contribution in [0.15, 0.2) is 0 Å². The van der Waals surface area contributed by atoms with Crippen LogP contribution in [0.4, 0.5) is 0 Å². The van der Waals surface area contributed by atoms with E-state index >= 15 is 0 Å². The molecule has 2 saturated carbocycles. The summed E-state index contributed by atoms with van der Waals surface area (Å²) in [5.41, 5.74) is 1.63. The molecule has 0 aliphatic heterocycles. The molecule has 1 heterocycles. The van der Waals surface area contributed by atoms with Gasteiger partial charge in [-0.15, -0.1) is 0 Å². The van der Waals surface area contributed by atoms with Crippen LogP contribution in [0.3, 0.4) is 0 Å². The number of aryl methyl sites for hydroxylation is 1. The summed E-state index contributed by atoms with van der Waals surface area (Å²) in [4.78, 5) is 52.8. The molecule has 1 aromatic rings. The van der Waals surface area contributed by atoms with E-state index in [2.05, 4.69) is 4.98 Å². The summed E-state index contributed by atoms with van der Waals surface area (Å²) >= 11 is 0. The first-order chi connectivity index (χ1) is 13.7. The summed E-state index contributed by atoms with van der Waals surface area (Å²) in [5.74, 6) is -1.43. The van der Waals surface area contributed by atoms with Crippen molar-refractivity contribution >= 4 is 23.5 Å². The van der Waals surface area contributed by atoms with E-state index < -0.39 is 18.0 Å². The molecule has 0 radical (unpaired) electrons. The second-order valence-corrected chi connectivity index (χ2v) is 8.18. The summed E-state index contributed by atoms with van der Waals surface area (Å²) in [6, 6.07) is 0. The SMILES string of the molecule is CCOC(=O)c1c(C)[nH]c(C(=O)[C@@H](C)OC(=O)C2C[C@H]3CCC[C@@H](C2)C3=O)c1C. The fraction of sp³-hybridized carbons (Fsp3) is 0.636. The van der Waals surface area contributed by atoms with Crippen molar-refractivity contribution in [3.63, 3.8) is 0 Å². The molecule has 2 bridgehead atoms. The number of aromatic nitrogens is 1. The molecule has 0 amide bonds. The molecule has 0 aromatic carbocycles. The first kappa shape index (κ1) is 21.3. The number of H-pyrrole nitrogens is 1. The van der Waals surface area contributed by atoms with Crippen molar-refractivity contribution in [3.05, 3.63) is 22.5 Å². The number of hydrogen-bond acceptors (Lipinski definition) is 6. The molecule has 1 aromatic heterocycles. The molecule has 7 heteroatoms. The number of nitrogens with one attached hydrogen (secondary N) is 1. The van der Waals surface area contributed by atoms with Crippen molar-refractivity contribution in [2.75, 3.05) is 6.61 Å². The molecule has 0 spiro atoms. The zero-order chi connectivity index (χ0) is 21.3.